The van der Waals surface area contributed by atoms with Crippen LogP contribution in [0.15, 0.2) is 30.6 Å². The number of nitrogens with zero attached hydrogens (tertiary/aromatic N) is 6. The van der Waals surface area contributed by atoms with Crippen molar-refractivity contribution in [1.82, 2.24) is 34.5 Å². The maximum Gasteiger partial charge on any atom is 0.255 e. The number of aliphatic hydroxyl groups excluding tert-OH is 1. The van der Waals surface area contributed by atoms with E-state index < -0.39 is 13.6 Å². The molecule has 0 fully saturated rings. The van der Waals surface area contributed by atoms with Gasteiger partial charge in [0.25, 0.3) is 5.91 Å². The predicted molar refractivity (Wildman–Crippen MR) is 167 cm³/mol. The minimum absolute atomic E-state index is 0.190. The topological polar surface area (TPSA) is 110 Å². The number of carbonyl (C=O) groups is 1. The van der Waals surface area contributed by atoms with Gasteiger partial charge in [0, 0.05) is 32.8 Å². The summed E-state index contributed by atoms with van der Waals surface area (Å²) < 4.78 is 9.87. The van der Waals surface area contributed by atoms with Crippen molar-refractivity contribution >= 4 is 36.0 Å². The van der Waals surface area contributed by atoms with Crippen molar-refractivity contribution in [2.24, 2.45) is 0 Å². The first-order valence-electron chi connectivity index (χ1n) is 14.3. The van der Waals surface area contributed by atoms with Crippen LogP contribution in [0, 0.1) is 6.92 Å². The molecule has 222 valence electrons. The molecule has 0 atom stereocenters. The molecule has 3 aromatic heterocycles. The Kier molecular flexibility index (Phi) is 9.32. The fourth-order valence-electron chi connectivity index (χ4n) is 4.57. The van der Waals surface area contributed by atoms with Gasteiger partial charge in [-0.05, 0) is 65.5 Å². The fraction of sp³-hybridized carbons (Fsp3) is 0.533. The molecule has 0 saturated heterocycles. The predicted octanol–water partition coefficient (Wildman–Crippen LogP) is 4.52. The number of aromatic nitrogens is 5. The number of rotatable bonds is 13. The molecular formula is C30H45N7O3Si. The van der Waals surface area contributed by atoms with Crippen LogP contribution < -0.4 is 5.32 Å². The van der Waals surface area contributed by atoms with E-state index in [0.29, 0.717) is 29.0 Å². The van der Waals surface area contributed by atoms with Gasteiger partial charge < -0.3 is 24.6 Å². The number of hydrogen-bond acceptors (Lipinski definition) is 7. The Hall–Kier alpha value is -3.12. The zero-order valence-corrected chi connectivity index (χ0v) is 26.8. The lowest BCUT2D eigenvalue weighted by Gasteiger charge is -2.23. The van der Waals surface area contributed by atoms with Crippen LogP contribution in [0.1, 0.15) is 36.2 Å². The molecule has 41 heavy (non-hydrogen) atoms. The van der Waals surface area contributed by atoms with Crippen molar-refractivity contribution < 1.29 is 14.6 Å². The van der Waals surface area contributed by atoms with Crippen LogP contribution in [0.2, 0.25) is 25.7 Å². The highest BCUT2D eigenvalue weighted by Crippen LogP contribution is 2.30. The number of hydrogen-bond donors (Lipinski definition) is 2. The Bertz CT molecular complexity index is 1520. The molecule has 3 heterocycles. The highest BCUT2D eigenvalue weighted by molar-refractivity contribution is 6.76. The summed E-state index contributed by atoms with van der Waals surface area (Å²) in [6.07, 6.45) is 4.44. The lowest BCUT2D eigenvalue weighted by Crippen LogP contribution is -2.46. The average Bonchev–Trinajstić information content (AvgIpc) is 3.43. The second-order valence-electron chi connectivity index (χ2n) is 13.0. The van der Waals surface area contributed by atoms with Gasteiger partial charge in [-0.2, -0.15) is 5.10 Å². The first-order chi connectivity index (χ1) is 19.3. The number of benzene rings is 1. The van der Waals surface area contributed by atoms with Crippen molar-refractivity contribution in [2.75, 3.05) is 33.9 Å². The third kappa shape index (κ3) is 7.59. The number of aryl methyl sites for hydroxylation is 2. The number of aliphatic hydroxyl groups is 1. The zero-order chi connectivity index (χ0) is 29.9. The van der Waals surface area contributed by atoms with Crippen LogP contribution in [-0.4, -0.2) is 87.7 Å². The van der Waals surface area contributed by atoms with E-state index >= 15 is 0 Å². The third-order valence-corrected chi connectivity index (χ3v) is 8.71. The van der Waals surface area contributed by atoms with Crippen molar-refractivity contribution in [3.8, 4) is 11.4 Å². The summed E-state index contributed by atoms with van der Waals surface area (Å²) in [5.74, 6) is -0.323. The SMILES string of the molecule is Cc1ccc2c(-c3cnc4c(n3)c(C(=O)NC(C)(C)CO)cn4COCC[Si](C)(C)C)nn(CCCN(C)C)c2c1. The number of amides is 1. The smallest absolute Gasteiger partial charge is 0.255 e. The molecule has 0 unspecified atom stereocenters. The fourth-order valence-corrected chi connectivity index (χ4v) is 5.32. The maximum absolute atomic E-state index is 13.4. The second kappa shape index (κ2) is 12.4. The number of carbonyl (C=O) groups excluding carboxylic acids is 1. The normalized spacial score (nSPS) is 12.6. The summed E-state index contributed by atoms with van der Waals surface area (Å²) in [5, 5.41) is 18.6. The molecule has 0 radical (unpaired) electrons. The molecular weight excluding hydrogens is 534 g/mol. The van der Waals surface area contributed by atoms with Crippen LogP contribution in [-0.2, 0) is 18.0 Å². The lowest BCUT2D eigenvalue weighted by molar-refractivity contribution is 0.0859. The van der Waals surface area contributed by atoms with Gasteiger partial charge in [0.1, 0.15) is 23.6 Å². The number of fused-ring (bicyclic) bond motifs is 2. The van der Waals surface area contributed by atoms with E-state index in [1.165, 1.54) is 0 Å². The van der Waals surface area contributed by atoms with Gasteiger partial charge >= 0.3 is 0 Å². The third-order valence-electron chi connectivity index (χ3n) is 7.01. The van der Waals surface area contributed by atoms with E-state index in [9.17, 15) is 9.90 Å². The first kappa shape index (κ1) is 30.8. The number of nitrogens with one attached hydrogen (secondary N) is 1. The summed E-state index contributed by atoms with van der Waals surface area (Å²) in [6, 6.07) is 7.35. The monoisotopic (exact) mass is 579 g/mol. The Balaban J connectivity index is 1.76. The van der Waals surface area contributed by atoms with E-state index in [1.807, 2.05) is 9.25 Å². The molecule has 0 spiro atoms. The molecule has 0 aliphatic heterocycles. The van der Waals surface area contributed by atoms with Crippen molar-refractivity contribution in [1.29, 1.82) is 0 Å². The zero-order valence-electron chi connectivity index (χ0n) is 25.8. The molecule has 0 saturated carbocycles. The molecule has 4 aromatic rings. The summed E-state index contributed by atoms with van der Waals surface area (Å²) in [4.78, 5) is 25.3. The Labute approximate surface area is 243 Å². The minimum Gasteiger partial charge on any atom is -0.394 e. The van der Waals surface area contributed by atoms with E-state index in [-0.39, 0.29) is 19.2 Å². The van der Waals surface area contributed by atoms with Crippen LogP contribution in [0.5, 0.6) is 0 Å². The van der Waals surface area contributed by atoms with Crippen LogP contribution in [0.4, 0.5) is 0 Å². The van der Waals surface area contributed by atoms with Crippen molar-refractivity contribution in [3.05, 3.63) is 41.7 Å². The van der Waals surface area contributed by atoms with Crippen molar-refractivity contribution in [2.45, 2.75) is 71.7 Å². The van der Waals surface area contributed by atoms with Crippen LogP contribution in [0.25, 0.3) is 33.5 Å². The molecule has 0 aliphatic carbocycles. The molecule has 1 amide bonds. The Morgan fingerprint density at radius 3 is 2.66 bits per heavy atom. The average molecular weight is 580 g/mol. The first-order valence-corrected chi connectivity index (χ1v) is 18.0. The quantitative estimate of drug-likeness (QED) is 0.177. The summed E-state index contributed by atoms with van der Waals surface area (Å²) in [5.41, 5.74) is 4.20. The highest BCUT2D eigenvalue weighted by atomic mass is 28.3. The summed E-state index contributed by atoms with van der Waals surface area (Å²) in [6.45, 7) is 15.0. The molecule has 11 heteroatoms. The van der Waals surface area contributed by atoms with Gasteiger partial charge in [-0.15, -0.1) is 0 Å². The van der Waals surface area contributed by atoms with Gasteiger partial charge in [-0.1, -0.05) is 31.8 Å². The van der Waals surface area contributed by atoms with E-state index in [1.54, 1.807) is 26.2 Å². The number of ether oxygens (including phenoxy) is 1. The summed E-state index contributed by atoms with van der Waals surface area (Å²) in [7, 11) is 2.90. The Morgan fingerprint density at radius 2 is 1.98 bits per heavy atom. The van der Waals surface area contributed by atoms with Crippen LogP contribution in [0.3, 0.4) is 0 Å². The Morgan fingerprint density at radius 1 is 1.22 bits per heavy atom. The molecule has 2 N–H and O–H groups in total. The maximum atomic E-state index is 13.4. The standard InChI is InChI=1S/C30H45N7O3Si/c1-21-10-11-22-25(16-21)37(13-9-12-35(4)5)34-26(22)24-17-31-28-27(32-24)23(29(39)33-30(2,3)19-38)18-36(28)20-40-14-15-41(6,7)8/h10-11,16-18,38H,9,12-15,19-20H2,1-8H3,(H,33,39). The van der Waals surface area contributed by atoms with Gasteiger partial charge in [0.05, 0.1) is 29.4 Å². The molecule has 0 bridgehead atoms. The van der Waals surface area contributed by atoms with E-state index in [4.69, 9.17) is 19.8 Å². The highest BCUT2D eigenvalue weighted by Gasteiger charge is 2.25. The van der Waals surface area contributed by atoms with Gasteiger partial charge in [-0.3, -0.25) is 9.48 Å². The van der Waals surface area contributed by atoms with Crippen LogP contribution >= 0.6 is 0 Å². The van der Waals surface area contributed by atoms with Gasteiger partial charge in [0.15, 0.2) is 5.65 Å². The van der Waals surface area contributed by atoms with E-state index in [0.717, 1.165) is 47.7 Å². The van der Waals surface area contributed by atoms with Gasteiger partial charge in [-0.25, -0.2) is 9.97 Å². The largest absolute Gasteiger partial charge is 0.394 e. The van der Waals surface area contributed by atoms with Gasteiger partial charge in [0.2, 0.25) is 0 Å². The van der Waals surface area contributed by atoms with Crippen molar-refractivity contribution in [3.63, 3.8) is 0 Å². The van der Waals surface area contributed by atoms with E-state index in [2.05, 4.69) is 69.1 Å². The molecule has 1 aromatic carbocycles. The molecule has 0 aliphatic rings. The molecule has 10 nitrogen and oxygen atoms in total. The minimum atomic E-state index is -1.24. The molecule has 4 rings (SSSR count). The second-order valence-corrected chi connectivity index (χ2v) is 18.7. The summed E-state index contributed by atoms with van der Waals surface area (Å²) >= 11 is 0. The lowest BCUT2D eigenvalue weighted by atomic mass is 10.1.